The Morgan fingerprint density at radius 1 is 0.933 bits per heavy atom. The van der Waals surface area contributed by atoms with Gasteiger partial charge in [0.25, 0.3) is 0 Å². The minimum absolute atomic E-state index is 0. The predicted molar refractivity (Wildman–Crippen MR) is 52.6 cm³/mol. The van der Waals surface area contributed by atoms with Crippen LogP contribution in [0.1, 0.15) is 58.3 Å². The van der Waals surface area contributed by atoms with Gasteiger partial charge in [0.2, 0.25) is 0 Å². The van der Waals surface area contributed by atoms with Crippen LogP contribution in [0.4, 0.5) is 0 Å². The van der Waals surface area contributed by atoms with Crippen LogP contribution in [-0.4, -0.2) is 11.8 Å². The fourth-order valence-electron chi connectivity index (χ4n) is 1.30. The van der Waals surface area contributed by atoms with E-state index in [9.17, 15) is 14.7 Å². The van der Waals surface area contributed by atoms with E-state index >= 15 is 0 Å². The fourth-order valence-corrected chi connectivity index (χ4v) is 1.30. The Kier molecular flexibility index (Phi) is 14.3. The number of aliphatic carboxylic acids is 1. The molecule has 0 N–H and O–H groups in total. The molecule has 15 heavy (non-hydrogen) atoms. The number of hydrogen-bond acceptors (Lipinski definition) is 3. The zero-order valence-corrected chi connectivity index (χ0v) is 11.9. The Hall–Kier alpha value is 0.140. The van der Waals surface area contributed by atoms with Gasteiger partial charge < -0.3 is 9.90 Å². The van der Waals surface area contributed by atoms with Crippen molar-refractivity contribution in [3.05, 3.63) is 0 Å². The number of rotatable bonds is 9. The second kappa shape index (κ2) is 12.2. The summed E-state index contributed by atoms with van der Waals surface area (Å²) < 4.78 is 0. The number of carboxylic acid groups (broad SMARTS) is 1. The van der Waals surface area contributed by atoms with Gasteiger partial charge in [-0.05, 0) is 19.3 Å². The fraction of sp³-hybridized carbons (Fsp3) is 0.818. The number of ketones is 1. The molecule has 0 rings (SSSR count). The third-order valence-corrected chi connectivity index (χ3v) is 2.23. The molecule has 0 bridgehead atoms. The maximum Gasteiger partial charge on any atom is 1.00 e. The van der Waals surface area contributed by atoms with E-state index in [-0.39, 0.29) is 36.0 Å². The van der Waals surface area contributed by atoms with E-state index in [1.165, 1.54) is 0 Å². The molecule has 0 aliphatic rings. The Morgan fingerprint density at radius 2 is 1.40 bits per heavy atom. The molecule has 0 saturated carbocycles. The average molecular weight is 222 g/mol. The molecule has 0 aromatic heterocycles. The van der Waals surface area contributed by atoms with Gasteiger partial charge >= 0.3 is 29.6 Å². The number of carbonyl (C=O) groups excluding carboxylic acids is 2. The SMILES string of the molecule is CCC(=O)CCCCCCCC(=O)[O-].[Na+]. The van der Waals surface area contributed by atoms with Crippen molar-refractivity contribution in [2.45, 2.75) is 58.3 Å². The van der Waals surface area contributed by atoms with E-state index in [1.807, 2.05) is 6.92 Å². The van der Waals surface area contributed by atoms with Crippen LogP contribution in [0.5, 0.6) is 0 Å². The number of carboxylic acids is 1. The molecule has 82 valence electrons. The van der Waals surface area contributed by atoms with E-state index in [0.29, 0.717) is 25.0 Å². The van der Waals surface area contributed by atoms with Gasteiger partial charge in [-0.25, -0.2) is 0 Å². The second-order valence-electron chi connectivity index (χ2n) is 3.53. The summed E-state index contributed by atoms with van der Waals surface area (Å²) in [5.74, 6) is -0.647. The van der Waals surface area contributed by atoms with Crippen molar-refractivity contribution in [3.63, 3.8) is 0 Å². The summed E-state index contributed by atoms with van der Waals surface area (Å²) in [7, 11) is 0. The van der Waals surface area contributed by atoms with Crippen LogP contribution in [0.15, 0.2) is 0 Å². The molecule has 0 aromatic carbocycles. The van der Waals surface area contributed by atoms with E-state index in [1.54, 1.807) is 0 Å². The van der Waals surface area contributed by atoms with Crippen LogP contribution in [-0.2, 0) is 9.59 Å². The maximum atomic E-state index is 10.9. The molecule has 0 aliphatic carbocycles. The van der Waals surface area contributed by atoms with Gasteiger partial charge in [-0.1, -0.05) is 26.2 Å². The zero-order chi connectivity index (χ0) is 10.8. The summed E-state index contributed by atoms with van der Waals surface area (Å²) in [5.41, 5.74) is 0. The standard InChI is InChI=1S/C11H20O3.Na/c1-2-10(12)8-6-4-3-5-7-9-11(13)14;/h2-9H2,1H3,(H,13,14);/q;+1/p-1. The molecule has 0 amide bonds. The summed E-state index contributed by atoms with van der Waals surface area (Å²) >= 11 is 0. The summed E-state index contributed by atoms with van der Waals surface area (Å²) in [6.07, 6.45) is 6.08. The average Bonchev–Trinajstić information content (AvgIpc) is 2.15. The molecule has 0 saturated heterocycles. The molecular formula is C11H19NaO3. The molecule has 0 aliphatic heterocycles. The topological polar surface area (TPSA) is 57.2 Å². The van der Waals surface area contributed by atoms with Crippen molar-refractivity contribution < 1.29 is 44.3 Å². The van der Waals surface area contributed by atoms with Crippen LogP contribution < -0.4 is 34.7 Å². The van der Waals surface area contributed by atoms with Crippen molar-refractivity contribution in [2.24, 2.45) is 0 Å². The molecule has 0 radical (unpaired) electrons. The third-order valence-electron chi connectivity index (χ3n) is 2.23. The minimum Gasteiger partial charge on any atom is -0.550 e. The van der Waals surface area contributed by atoms with Gasteiger partial charge in [-0.2, -0.15) is 0 Å². The monoisotopic (exact) mass is 222 g/mol. The van der Waals surface area contributed by atoms with Crippen molar-refractivity contribution in [1.29, 1.82) is 0 Å². The van der Waals surface area contributed by atoms with Gasteiger partial charge in [0.05, 0.1) is 0 Å². The first kappa shape index (κ1) is 17.5. The van der Waals surface area contributed by atoms with E-state index in [4.69, 9.17) is 0 Å². The Labute approximate surface area is 114 Å². The Bertz CT molecular complexity index is 181. The molecule has 0 heterocycles. The number of carbonyl (C=O) groups is 2. The van der Waals surface area contributed by atoms with Crippen molar-refractivity contribution >= 4 is 11.8 Å². The number of Topliss-reactive ketones (excluding diaryl/α,β-unsaturated/α-hetero) is 1. The molecule has 4 heteroatoms. The number of hydrogen-bond donors (Lipinski definition) is 0. The minimum atomic E-state index is -0.967. The van der Waals surface area contributed by atoms with Gasteiger partial charge in [0.15, 0.2) is 0 Å². The van der Waals surface area contributed by atoms with E-state index in [2.05, 4.69) is 0 Å². The first-order valence-corrected chi connectivity index (χ1v) is 5.38. The molecule has 0 aromatic rings. The largest absolute Gasteiger partial charge is 1.00 e. The van der Waals surface area contributed by atoms with Crippen LogP contribution in [0.2, 0.25) is 0 Å². The normalized spacial score (nSPS) is 9.40. The number of unbranched alkanes of at least 4 members (excludes halogenated alkanes) is 4. The van der Waals surface area contributed by atoms with Crippen molar-refractivity contribution in [3.8, 4) is 0 Å². The summed E-state index contributed by atoms with van der Waals surface area (Å²) in [6.45, 7) is 1.88. The molecule has 3 nitrogen and oxygen atoms in total. The van der Waals surface area contributed by atoms with Crippen LogP contribution >= 0.6 is 0 Å². The maximum absolute atomic E-state index is 10.9. The van der Waals surface area contributed by atoms with Crippen molar-refractivity contribution in [2.75, 3.05) is 0 Å². The van der Waals surface area contributed by atoms with Gasteiger partial charge in [0, 0.05) is 18.8 Å². The van der Waals surface area contributed by atoms with E-state index in [0.717, 1.165) is 25.7 Å². The summed E-state index contributed by atoms with van der Waals surface area (Å²) in [6, 6.07) is 0. The molecular weight excluding hydrogens is 203 g/mol. The van der Waals surface area contributed by atoms with Crippen LogP contribution in [0.25, 0.3) is 0 Å². The second-order valence-corrected chi connectivity index (χ2v) is 3.53. The predicted octanol–water partition coefficient (Wildman–Crippen LogP) is -1.55. The Morgan fingerprint density at radius 3 is 1.87 bits per heavy atom. The smallest absolute Gasteiger partial charge is 0.550 e. The Balaban J connectivity index is 0. The third kappa shape index (κ3) is 14.1. The van der Waals surface area contributed by atoms with Gasteiger partial charge in [0.1, 0.15) is 5.78 Å². The zero-order valence-electron chi connectivity index (χ0n) is 9.88. The van der Waals surface area contributed by atoms with Crippen molar-refractivity contribution in [1.82, 2.24) is 0 Å². The van der Waals surface area contributed by atoms with Crippen LogP contribution in [0.3, 0.4) is 0 Å². The molecule has 0 fully saturated rings. The molecule has 0 atom stereocenters. The quantitative estimate of drug-likeness (QED) is 0.350. The first-order valence-electron chi connectivity index (χ1n) is 5.38. The van der Waals surface area contributed by atoms with Gasteiger partial charge in [-0.15, -0.1) is 0 Å². The van der Waals surface area contributed by atoms with Crippen LogP contribution in [0, 0.1) is 0 Å². The first-order chi connectivity index (χ1) is 6.66. The molecule has 0 unspecified atom stereocenters. The molecule has 0 spiro atoms. The summed E-state index contributed by atoms with van der Waals surface area (Å²) in [5, 5.41) is 10.1. The van der Waals surface area contributed by atoms with E-state index < -0.39 is 5.97 Å². The van der Waals surface area contributed by atoms with Gasteiger partial charge in [-0.3, -0.25) is 4.79 Å². The summed E-state index contributed by atoms with van der Waals surface area (Å²) in [4.78, 5) is 21.0.